The summed E-state index contributed by atoms with van der Waals surface area (Å²) in [6, 6.07) is 1.61. The largest absolute Gasteiger partial charge is 0.374 e. The molecule has 5 nitrogen and oxygen atoms in total. The molecule has 108 valence electrons. The van der Waals surface area contributed by atoms with Crippen LogP contribution in [0.4, 0.5) is 0 Å². The molecule has 1 atom stereocenters. The quantitative estimate of drug-likeness (QED) is 0.787. The Morgan fingerprint density at radius 3 is 2.84 bits per heavy atom. The summed E-state index contributed by atoms with van der Waals surface area (Å²) in [7, 11) is -1.91. The Balaban J connectivity index is 2.12. The second kappa shape index (κ2) is 6.50. The number of nitrogens with one attached hydrogen (secondary N) is 1. The van der Waals surface area contributed by atoms with Gasteiger partial charge in [-0.05, 0) is 37.9 Å². The SMILES string of the molecule is CN(CC1CNCCO1)S(=O)(=O)c1cc(Br)sc1Br. The second-order valence-corrected chi connectivity index (χ2v) is 9.93. The molecular weight excluding hydrogens is 420 g/mol. The molecule has 0 saturated carbocycles. The summed E-state index contributed by atoms with van der Waals surface area (Å²) < 4.78 is 33.1. The van der Waals surface area contributed by atoms with Gasteiger partial charge in [-0.1, -0.05) is 0 Å². The van der Waals surface area contributed by atoms with Gasteiger partial charge in [-0.3, -0.25) is 0 Å². The van der Waals surface area contributed by atoms with E-state index in [-0.39, 0.29) is 11.0 Å². The average Bonchev–Trinajstić information content (AvgIpc) is 2.70. The molecule has 1 unspecified atom stereocenters. The Kier molecular flexibility index (Phi) is 5.43. The lowest BCUT2D eigenvalue weighted by Gasteiger charge is -2.27. The molecule has 1 N–H and O–H groups in total. The molecule has 2 heterocycles. The number of ether oxygens (including phenoxy) is 1. The highest BCUT2D eigenvalue weighted by molar-refractivity contribution is 9.12. The Hall–Kier alpha value is 0.490. The van der Waals surface area contributed by atoms with Gasteiger partial charge in [-0.25, -0.2) is 8.42 Å². The summed E-state index contributed by atoms with van der Waals surface area (Å²) in [4.78, 5) is 0.288. The van der Waals surface area contributed by atoms with Crippen LogP contribution in [-0.2, 0) is 14.8 Å². The van der Waals surface area contributed by atoms with E-state index < -0.39 is 10.0 Å². The van der Waals surface area contributed by atoms with Crippen LogP contribution >= 0.6 is 43.2 Å². The topological polar surface area (TPSA) is 58.6 Å². The number of sulfonamides is 1. The molecule has 1 aliphatic rings. The number of thiophene rings is 1. The zero-order valence-electron chi connectivity index (χ0n) is 10.2. The van der Waals surface area contributed by atoms with Crippen molar-refractivity contribution in [2.24, 2.45) is 0 Å². The standard InChI is InChI=1S/C10H14Br2N2O3S2/c1-14(6-7-5-13-2-3-17-7)19(15,16)8-4-9(11)18-10(8)12/h4,7,13H,2-3,5-6H2,1H3. The molecule has 0 amide bonds. The van der Waals surface area contributed by atoms with Crippen molar-refractivity contribution in [3.8, 4) is 0 Å². The molecule has 1 aliphatic heterocycles. The number of morpholine rings is 1. The summed E-state index contributed by atoms with van der Waals surface area (Å²) in [6.45, 7) is 2.45. The molecule has 0 bridgehead atoms. The van der Waals surface area contributed by atoms with E-state index in [0.29, 0.717) is 23.5 Å². The van der Waals surface area contributed by atoms with E-state index in [9.17, 15) is 8.42 Å². The van der Waals surface area contributed by atoms with Gasteiger partial charge in [0.25, 0.3) is 0 Å². The molecule has 1 aromatic heterocycles. The van der Waals surface area contributed by atoms with Crippen LogP contribution in [0.3, 0.4) is 0 Å². The predicted molar refractivity (Wildman–Crippen MR) is 82.1 cm³/mol. The number of likely N-dealkylation sites (N-methyl/N-ethyl adjacent to an activating group) is 1. The first-order valence-electron chi connectivity index (χ1n) is 5.65. The minimum Gasteiger partial charge on any atom is -0.374 e. The molecule has 0 aromatic carbocycles. The molecule has 1 fully saturated rings. The fraction of sp³-hybridized carbons (Fsp3) is 0.600. The summed E-state index contributed by atoms with van der Waals surface area (Å²) in [6.07, 6.45) is -0.102. The van der Waals surface area contributed by atoms with Gasteiger partial charge >= 0.3 is 0 Å². The minimum atomic E-state index is -3.49. The highest BCUT2D eigenvalue weighted by Gasteiger charge is 2.28. The van der Waals surface area contributed by atoms with Crippen LogP contribution in [-0.4, -0.2) is 52.1 Å². The summed E-state index contributed by atoms with van der Waals surface area (Å²) in [5, 5.41) is 3.19. The molecule has 0 radical (unpaired) electrons. The Bertz CT molecular complexity index is 541. The van der Waals surface area contributed by atoms with Crippen molar-refractivity contribution in [2.75, 3.05) is 33.3 Å². The van der Waals surface area contributed by atoms with E-state index >= 15 is 0 Å². The molecule has 1 saturated heterocycles. The van der Waals surface area contributed by atoms with Crippen molar-refractivity contribution in [3.63, 3.8) is 0 Å². The van der Waals surface area contributed by atoms with Crippen molar-refractivity contribution in [3.05, 3.63) is 13.6 Å². The van der Waals surface area contributed by atoms with Gasteiger partial charge < -0.3 is 10.1 Å². The number of halogens is 2. The van der Waals surface area contributed by atoms with Crippen molar-refractivity contribution in [1.82, 2.24) is 9.62 Å². The van der Waals surface area contributed by atoms with Gasteiger partial charge in [0.1, 0.15) is 4.90 Å². The zero-order valence-corrected chi connectivity index (χ0v) is 15.0. The van der Waals surface area contributed by atoms with Gasteiger partial charge in [-0.15, -0.1) is 11.3 Å². The summed E-state index contributed by atoms with van der Waals surface area (Å²) in [5.74, 6) is 0. The van der Waals surface area contributed by atoms with Gasteiger partial charge in [0.05, 0.1) is 20.3 Å². The third-order valence-electron chi connectivity index (χ3n) is 2.78. The average molecular weight is 434 g/mol. The fourth-order valence-electron chi connectivity index (χ4n) is 1.79. The molecule has 1 aromatic rings. The number of nitrogens with zero attached hydrogens (tertiary/aromatic N) is 1. The molecule has 9 heteroatoms. The smallest absolute Gasteiger partial charge is 0.244 e. The lowest BCUT2D eigenvalue weighted by molar-refractivity contribution is 0.0206. The fourth-order valence-corrected chi connectivity index (χ4v) is 6.75. The van der Waals surface area contributed by atoms with E-state index in [1.807, 2.05) is 0 Å². The van der Waals surface area contributed by atoms with Crippen molar-refractivity contribution in [2.45, 2.75) is 11.0 Å². The molecule has 0 aliphatic carbocycles. The van der Waals surface area contributed by atoms with E-state index in [4.69, 9.17) is 4.74 Å². The van der Waals surface area contributed by atoms with E-state index in [1.54, 1.807) is 13.1 Å². The molecule has 0 spiro atoms. The van der Waals surface area contributed by atoms with E-state index in [1.165, 1.54) is 15.6 Å². The van der Waals surface area contributed by atoms with Crippen LogP contribution in [0, 0.1) is 0 Å². The van der Waals surface area contributed by atoms with Crippen LogP contribution in [0.5, 0.6) is 0 Å². The van der Waals surface area contributed by atoms with Crippen molar-refractivity contribution in [1.29, 1.82) is 0 Å². The van der Waals surface area contributed by atoms with Gasteiger partial charge in [0.15, 0.2) is 0 Å². The van der Waals surface area contributed by atoms with Crippen LogP contribution in [0.25, 0.3) is 0 Å². The number of hydrogen-bond acceptors (Lipinski definition) is 5. The Morgan fingerprint density at radius 1 is 1.58 bits per heavy atom. The van der Waals surface area contributed by atoms with E-state index in [0.717, 1.165) is 10.3 Å². The lowest BCUT2D eigenvalue weighted by Crippen LogP contribution is -2.45. The predicted octanol–water partition coefficient (Wildman–Crippen LogP) is 1.88. The Morgan fingerprint density at radius 2 is 2.32 bits per heavy atom. The third-order valence-corrected chi connectivity index (χ3v) is 7.36. The zero-order chi connectivity index (χ0) is 14.0. The van der Waals surface area contributed by atoms with Crippen LogP contribution in [0.15, 0.2) is 18.5 Å². The normalized spacial score (nSPS) is 20.9. The van der Waals surface area contributed by atoms with E-state index in [2.05, 4.69) is 37.2 Å². The third kappa shape index (κ3) is 3.78. The number of rotatable bonds is 4. The van der Waals surface area contributed by atoms with Gasteiger partial charge in [0.2, 0.25) is 10.0 Å². The minimum absolute atomic E-state index is 0.102. The molecular formula is C10H14Br2N2O3S2. The first-order chi connectivity index (χ1) is 8.91. The van der Waals surface area contributed by atoms with Gasteiger partial charge in [-0.2, -0.15) is 4.31 Å². The maximum atomic E-state index is 12.4. The monoisotopic (exact) mass is 432 g/mol. The summed E-state index contributed by atoms with van der Waals surface area (Å²) in [5.41, 5.74) is 0. The Labute approximate surface area is 133 Å². The second-order valence-electron chi connectivity index (χ2n) is 4.17. The maximum Gasteiger partial charge on any atom is 0.244 e. The molecule has 19 heavy (non-hydrogen) atoms. The summed E-state index contributed by atoms with van der Waals surface area (Å²) >= 11 is 7.92. The van der Waals surface area contributed by atoms with Gasteiger partial charge in [0, 0.05) is 26.7 Å². The van der Waals surface area contributed by atoms with Crippen molar-refractivity contribution < 1.29 is 13.2 Å². The first-order valence-corrected chi connectivity index (χ1v) is 9.49. The number of hydrogen-bond donors (Lipinski definition) is 1. The first kappa shape index (κ1) is 15.9. The lowest BCUT2D eigenvalue weighted by atomic mass is 10.3. The van der Waals surface area contributed by atoms with Crippen LogP contribution in [0.1, 0.15) is 0 Å². The maximum absolute atomic E-state index is 12.4. The highest BCUT2D eigenvalue weighted by Crippen LogP contribution is 2.36. The van der Waals surface area contributed by atoms with Crippen LogP contribution < -0.4 is 5.32 Å². The molecule has 2 rings (SSSR count). The van der Waals surface area contributed by atoms with Crippen LogP contribution in [0.2, 0.25) is 0 Å². The highest BCUT2D eigenvalue weighted by atomic mass is 79.9. The van der Waals surface area contributed by atoms with Crippen molar-refractivity contribution >= 4 is 53.2 Å².